The monoisotopic (exact) mass is 230 g/mol. The van der Waals surface area contributed by atoms with Gasteiger partial charge in [0.2, 0.25) is 0 Å². The summed E-state index contributed by atoms with van der Waals surface area (Å²) < 4.78 is 0. The lowest BCUT2D eigenvalue weighted by atomic mass is 9.81. The minimum Gasteiger partial charge on any atom is -0.343 e. The summed E-state index contributed by atoms with van der Waals surface area (Å²) >= 11 is 0. The molecule has 1 aromatic rings. The highest BCUT2D eigenvalue weighted by atomic mass is 16.1. The molecular formula is C14H18N2O. The van der Waals surface area contributed by atoms with Crippen LogP contribution in [0.25, 0.3) is 0 Å². The molecule has 0 aromatic heterocycles. The number of aryl methyl sites for hydroxylation is 2. The van der Waals surface area contributed by atoms with Gasteiger partial charge in [0.1, 0.15) is 0 Å². The lowest BCUT2D eigenvalue weighted by Gasteiger charge is -2.27. The first-order chi connectivity index (χ1) is 7.86. The fraction of sp³-hybridized carbons (Fsp3) is 0.429. The lowest BCUT2D eigenvalue weighted by molar-refractivity contribution is -0.116. The Kier molecular flexibility index (Phi) is 3.90. The van der Waals surface area contributed by atoms with Gasteiger partial charge in [-0.2, -0.15) is 5.26 Å². The van der Waals surface area contributed by atoms with Gasteiger partial charge >= 0.3 is 5.91 Å². The number of carbonyl (C=O) groups excluding carboxylic acids is 1. The zero-order valence-electron chi connectivity index (χ0n) is 10.8. The Balaban J connectivity index is 2.89. The van der Waals surface area contributed by atoms with Crippen LogP contribution in [0.4, 0.5) is 0 Å². The van der Waals surface area contributed by atoms with Gasteiger partial charge in [0.15, 0.2) is 6.07 Å². The molecule has 3 nitrogen and oxygen atoms in total. The summed E-state index contributed by atoms with van der Waals surface area (Å²) in [6, 6.07) is 7.84. The molecule has 0 spiro atoms. The van der Waals surface area contributed by atoms with E-state index in [0.29, 0.717) is 6.54 Å². The van der Waals surface area contributed by atoms with Crippen molar-refractivity contribution in [3.8, 4) is 6.07 Å². The van der Waals surface area contributed by atoms with Gasteiger partial charge in [0.05, 0.1) is 0 Å². The molecule has 0 fully saturated rings. The number of hydrogen-bond donors (Lipinski definition) is 1. The molecule has 0 aliphatic carbocycles. The average molecular weight is 230 g/mol. The SMILES string of the molecule is Cc1ccc(C(C)(C)CNC(=O)C#N)c(C)c1. The van der Waals surface area contributed by atoms with E-state index >= 15 is 0 Å². The second-order valence-corrected chi connectivity index (χ2v) is 5.00. The third-order valence-electron chi connectivity index (χ3n) is 2.90. The van der Waals surface area contributed by atoms with Crippen LogP contribution in [-0.2, 0) is 10.2 Å². The number of hydrogen-bond acceptors (Lipinski definition) is 2. The van der Waals surface area contributed by atoms with E-state index in [-0.39, 0.29) is 5.41 Å². The van der Waals surface area contributed by atoms with Crippen molar-refractivity contribution in [1.29, 1.82) is 5.26 Å². The van der Waals surface area contributed by atoms with Crippen LogP contribution in [0.5, 0.6) is 0 Å². The molecule has 0 aliphatic heterocycles. The summed E-state index contributed by atoms with van der Waals surface area (Å²) in [5, 5.41) is 11.0. The maximum atomic E-state index is 11.0. The first-order valence-electron chi connectivity index (χ1n) is 5.62. The van der Waals surface area contributed by atoms with E-state index in [0.717, 1.165) is 0 Å². The highest BCUT2D eigenvalue weighted by molar-refractivity contribution is 5.91. The van der Waals surface area contributed by atoms with Gasteiger partial charge < -0.3 is 5.32 Å². The van der Waals surface area contributed by atoms with E-state index in [1.54, 1.807) is 6.07 Å². The summed E-state index contributed by atoms with van der Waals surface area (Å²) in [6.45, 7) is 8.70. The maximum Gasteiger partial charge on any atom is 0.322 e. The molecule has 1 rings (SSSR count). The van der Waals surface area contributed by atoms with E-state index < -0.39 is 5.91 Å². The van der Waals surface area contributed by atoms with Crippen molar-refractivity contribution in [3.05, 3.63) is 34.9 Å². The van der Waals surface area contributed by atoms with E-state index in [1.807, 2.05) is 0 Å². The van der Waals surface area contributed by atoms with Gasteiger partial charge in [-0.05, 0) is 25.0 Å². The molecule has 1 N–H and O–H groups in total. The highest BCUT2D eigenvalue weighted by Gasteiger charge is 2.23. The quantitative estimate of drug-likeness (QED) is 0.809. The van der Waals surface area contributed by atoms with Gasteiger partial charge in [-0.3, -0.25) is 4.79 Å². The van der Waals surface area contributed by atoms with E-state index in [4.69, 9.17) is 5.26 Å². The molecule has 1 amide bonds. The van der Waals surface area contributed by atoms with Gasteiger partial charge in [-0.1, -0.05) is 37.6 Å². The maximum absolute atomic E-state index is 11.0. The molecule has 0 unspecified atom stereocenters. The minimum atomic E-state index is -0.581. The van der Waals surface area contributed by atoms with Crippen molar-refractivity contribution in [2.75, 3.05) is 6.54 Å². The molecule has 0 heterocycles. The number of rotatable bonds is 3. The van der Waals surface area contributed by atoms with Crippen molar-refractivity contribution in [1.82, 2.24) is 5.32 Å². The fourth-order valence-corrected chi connectivity index (χ4v) is 2.01. The summed E-state index contributed by atoms with van der Waals surface area (Å²) in [4.78, 5) is 11.0. The summed E-state index contributed by atoms with van der Waals surface area (Å²) in [7, 11) is 0. The van der Waals surface area contributed by atoms with E-state index in [9.17, 15) is 4.79 Å². The van der Waals surface area contributed by atoms with Crippen molar-refractivity contribution in [3.63, 3.8) is 0 Å². The fourth-order valence-electron chi connectivity index (χ4n) is 2.01. The second-order valence-electron chi connectivity index (χ2n) is 5.00. The van der Waals surface area contributed by atoms with Crippen LogP contribution in [0, 0.1) is 25.2 Å². The van der Waals surface area contributed by atoms with Crippen LogP contribution in [0.2, 0.25) is 0 Å². The Morgan fingerprint density at radius 2 is 2.06 bits per heavy atom. The summed E-state index contributed by atoms with van der Waals surface area (Å²) in [6.07, 6.45) is 0. The predicted molar refractivity (Wildman–Crippen MR) is 67.6 cm³/mol. The molecule has 17 heavy (non-hydrogen) atoms. The van der Waals surface area contributed by atoms with E-state index in [1.165, 1.54) is 16.7 Å². The number of benzene rings is 1. The van der Waals surface area contributed by atoms with Crippen molar-refractivity contribution in [2.45, 2.75) is 33.1 Å². The minimum absolute atomic E-state index is 0.176. The van der Waals surface area contributed by atoms with Crippen LogP contribution in [0.1, 0.15) is 30.5 Å². The number of carbonyl (C=O) groups is 1. The second kappa shape index (κ2) is 5.01. The summed E-state index contributed by atoms with van der Waals surface area (Å²) in [5.74, 6) is -0.581. The van der Waals surface area contributed by atoms with Crippen LogP contribution in [0.3, 0.4) is 0 Å². The molecular weight excluding hydrogens is 212 g/mol. The summed E-state index contributed by atoms with van der Waals surface area (Å²) in [5.41, 5.74) is 3.45. The van der Waals surface area contributed by atoms with Crippen LogP contribution < -0.4 is 5.32 Å². The predicted octanol–water partition coefficient (Wildman–Crippen LogP) is 2.22. The molecule has 90 valence electrons. The first kappa shape index (κ1) is 13.2. The molecule has 0 bridgehead atoms. The Hall–Kier alpha value is -1.82. The number of amides is 1. The van der Waals surface area contributed by atoms with Crippen LogP contribution >= 0.6 is 0 Å². The Bertz CT molecular complexity index is 470. The van der Waals surface area contributed by atoms with Gasteiger partial charge in [-0.25, -0.2) is 0 Å². The van der Waals surface area contributed by atoms with Crippen molar-refractivity contribution < 1.29 is 4.79 Å². The average Bonchev–Trinajstić information content (AvgIpc) is 2.25. The Morgan fingerprint density at radius 1 is 1.41 bits per heavy atom. The largest absolute Gasteiger partial charge is 0.343 e. The molecule has 0 saturated heterocycles. The zero-order chi connectivity index (χ0) is 13.1. The molecule has 0 atom stereocenters. The third kappa shape index (κ3) is 3.32. The van der Waals surface area contributed by atoms with Gasteiger partial charge in [0.25, 0.3) is 0 Å². The Morgan fingerprint density at radius 3 is 2.59 bits per heavy atom. The Labute approximate surface area is 102 Å². The molecule has 0 aliphatic rings. The number of nitrogens with zero attached hydrogens (tertiary/aromatic N) is 1. The molecule has 1 aromatic carbocycles. The molecule has 0 saturated carbocycles. The topological polar surface area (TPSA) is 52.9 Å². The molecule has 3 heteroatoms. The molecule has 0 radical (unpaired) electrons. The normalized spacial score (nSPS) is 10.8. The van der Waals surface area contributed by atoms with Crippen LogP contribution in [-0.4, -0.2) is 12.5 Å². The zero-order valence-corrected chi connectivity index (χ0v) is 10.8. The van der Waals surface area contributed by atoms with E-state index in [2.05, 4.69) is 51.2 Å². The standard InChI is InChI=1S/C14H18N2O/c1-10-5-6-12(11(2)7-10)14(3,4)9-16-13(17)8-15/h5-7H,9H2,1-4H3,(H,16,17). The number of nitrogens with one attached hydrogen (secondary N) is 1. The third-order valence-corrected chi connectivity index (χ3v) is 2.90. The number of nitriles is 1. The van der Waals surface area contributed by atoms with Gasteiger partial charge in [-0.15, -0.1) is 0 Å². The van der Waals surface area contributed by atoms with Crippen LogP contribution in [0.15, 0.2) is 18.2 Å². The highest BCUT2D eigenvalue weighted by Crippen LogP contribution is 2.26. The lowest BCUT2D eigenvalue weighted by Crippen LogP contribution is -2.36. The van der Waals surface area contributed by atoms with Crippen molar-refractivity contribution in [2.24, 2.45) is 0 Å². The smallest absolute Gasteiger partial charge is 0.322 e. The van der Waals surface area contributed by atoms with Crippen molar-refractivity contribution >= 4 is 5.91 Å². The first-order valence-corrected chi connectivity index (χ1v) is 5.62. The van der Waals surface area contributed by atoms with Gasteiger partial charge in [0, 0.05) is 12.0 Å².